The zero-order chi connectivity index (χ0) is 23.3. The summed E-state index contributed by atoms with van der Waals surface area (Å²) in [5, 5.41) is 4.08. The van der Waals surface area contributed by atoms with Gasteiger partial charge in [-0.3, -0.25) is 0 Å². The highest BCUT2D eigenvalue weighted by atomic mass is 32.2. The van der Waals surface area contributed by atoms with Gasteiger partial charge in [0.25, 0.3) is 10.0 Å². The third-order valence-corrected chi connectivity index (χ3v) is 6.97. The number of aromatic nitrogens is 1. The Morgan fingerprint density at radius 2 is 1.64 bits per heavy atom. The fourth-order valence-electron chi connectivity index (χ4n) is 3.61. The van der Waals surface area contributed by atoms with Crippen LogP contribution in [-0.2, 0) is 16.6 Å². The summed E-state index contributed by atoms with van der Waals surface area (Å²) >= 11 is 0. The Kier molecular flexibility index (Phi) is 6.86. The number of nitrogens with zero attached hydrogens (tertiary/aromatic N) is 1. The number of rotatable bonds is 10. The van der Waals surface area contributed by atoms with Crippen molar-refractivity contribution in [3.8, 4) is 17.2 Å². The van der Waals surface area contributed by atoms with Crippen LogP contribution in [0.15, 0.2) is 83.9 Å². The van der Waals surface area contributed by atoms with Crippen molar-refractivity contribution in [3.63, 3.8) is 0 Å². The molecule has 0 saturated carbocycles. The van der Waals surface area contributed by atoms with E-state index in [2.05, 4.69) is 5.32 Å². The van der Waals surface area contributed by atoms with Crippen LogP contribution >= 0.6 is 0 Å². The van der Waals surface area contributed by atoms with Crippen LogP contribution < -0.4 is 19.5 Å². The molecule has 0 spiro atoms. The first-order valence-corrected chi connectivity index (χ1v) is 11.9. The Labute approximate surface area is 193 Å². The highest BCUT2D eigenvalue weighted by Gasteiger charge is 2.19. The molecule has 8 heteroatoms. The monoisotopic (exact) mass is 466 g/mol. The van der Waals surface area contributed by atoms with E-state index in [4.69, 9.17) is 14.2 Å². The second-order valence-electron chi connectivity index (χ2n) is 7.33. The third kappa shape index (κ3) is 4.81. The molecule has 1 N–H and O–H groups in total. The van der Waals surface area contributed by atoms with Crippen LogP contribution in [0.4, 0.5) is 0 Å². The predicted octanol–water partition coefficient (Wildman–Crippen LogP) is 4.06. The summed E-state index contributed by atoms with van der Waals surface area (Å²) in [6.07, 6.45) is 1.56. The van der Waals surface area contributed by atoms with Gasteiger partial charge < -0.3 is 19.5 Å². The normalized spacial score (nSPS) is 11.5. The molecule has 7 nitrogen and oxygen atoms in total. The minimum absolute atomic E-state index is 0.244. The molecule has 0 atom stereocenters. The standard InChI is InChI=1S/C25H26N2O5S/c1-30-24-12-11-19(17-25(24)31-2)18-26-14-16-32-23-10-6-9-22-21(23)13-15-27(22)33(28,29)20-7-4-3-5-8-20/h3-13,15,17,26H,14,16,18H2,1-2H3. The molecule has 4 aromatic rings. The van der Waals surface area contributed by atoms with Crippen LogP contribution in [0, 0.1) is 0 Å². The van der Waals surface area contributed by atoms with Crippen molar-refractivity contribution in [3.05, 3.63) is 84.6 Å². The zero-order valence-electron chi connectivity index (χ0n) is 18.5. The van der Waals surface area contributed by atoms with Gasteiger partial charge >= 0.3 is 0 Å². The SMILES string of the molecule is COc1ccc(CNCCOc2cccc3c2ccn3S(=O)(=O)c2ccccc2)cc1OC. The van der Waals surface area contributed by atoms with Crippen LogP contribution in [0.5, 0.6) is 17.2 Å². The number of hydrogen-bond donors (Lipinski definition) is 1. The molecule has 33 heavy (non-hydrogen) atoms. The van der Waals surface area contributed by atoms with Crippen molar-refractivity contribution in [1.82, 2.24) is 9.29 Å². The minimum Gasteiger partial charge on any atom is -0.493 e. The maximum Gasteiger partial charge on any atom is 0.268 e. The summed E-state index contributed by atoms with van der Waals surface area (Å²) in [5.41, 5.74) is 1.65. The Bertz CT molecular complexity index is 1330. The number of hydrogen-bond acceptors (Lipinski definition) is 6. The largest absolute Gasteiger partial charge is 0.493 e. The van der Waals surface area contributed by atoms with E-state index < -0.39 is 10.0 Å². The van der Waals surface area contributed by atoms with Crippen LogP contribution in [0.3, 0.4) is 0 Å². The van der Waals surface area contributed by atoms with Crippen molar-refractivity contribution >= 4 is 20.9 Å². The first-order chi connectivity index (χ1) is 16.0. The maximum atomic E-state index is 13.0. The fourth-order valence-corrected chi connectivity index (χ4v) is 4.98. The highest BCUT2D eigenvalue weighted by molar-refractivity contribution is 7.90. The van der Waals surface area contributed by atoms with E-state index in [9.17, 15) is 8.42 Å². The highest BCUT2D eigenvalue weighted by Crippen LogP contribution is 2.29. The molecule has 3 aromatic carbocycles. The lowest BCUT2D eigenvalue weighted by Gasteiger charge is -2.12. The number of ether oxygens (including phenoxy) is 3. The first-order valence-electron chi connectivity index (χ1n) is 10.5. The Balaban J connectivity index is 1.40. The molecular weight excluding hydrogens is 440 g/mol. The van der Waals surface area contributed by atoms with Gasteiger partial charge in [0.2, 0.25) is 0 Å². The van der Waals surface area contributed by atoms with E-state index in [-0.39, 0.29) is 4.90 Å². The summed E-state index contributed by atoms with van der Waals surface area (Å²) in [4.78, 5) is 0.244. The molecule has 4 rings (SSSR count). The molecule has 0 bridgehead atoms. The zero-order valence-corrected chi connectivity index (χ0v) is 19.3. The maximum absolute atomic E-state index is 13.0. The molecule has 172 valence electrons. The van der Waals surface area contributed by atoms with E-state index in [1.165, 1.54) is 3.97 Å². The molecule has 0 unspecified atom stereocenters. The van der Waals surface area contributed by atoms with Crippen molar-refractivity contribution in [2.75, 3.05) is 27.4 Å². The van der Waals surface area contributed by atoms with Gasteiger partial charge in [0.15, 0.2) is 11.5 Å². The molecule has 0 amide bonds. The van der Waals surface area contributed by atoms with E-state index in [0.29, 0.717) is 42.5 Å². The molecule has 1 aromatic heterocycles. The van der Waals surface area contributed by atoms with Crippen LogP contribution in [0.2, 0.25) is 0 Å². The summed E-state index contributed by atoms with van der Waals surface area (Å²) in [5.74, 6) is 2.02. The molecule has 0 radical (unpaired) electrons. The number of fused-ring (bicyclic) bond motifs is 1. The average Bonchev–Trinajstić information content (AvgIpc) is 3.30. The lowest BCUT2D eigenvalue weighted by Crippen LogP contribution is -2.20. The van der Waals surface area contributed by atoms with Gasteiger partial charge in [-0.1, -0.05) is 30.3 Å². The molecule has 0 saturated heterocycles. The van der Waals surface area contributed by atoms with Crippen LogP contribution in [-0.4, -0.2) is 39.8 Å². The van der Waals surface area contributed by atoms with Crippen LogP contribution in [0.25, 0.3) is 10.9 Å². The fraction of sp³-hybridized carbons (Fsp3) is 0.200. The topological polar surface area (TPSA) is 78.8 Å². The van der Waals surface area contributed by atoms with Gasteiger partial charge in [-0.15, -0.1) is 0 Å². The van der Waals surface area contributed by atoms with Crippen molar-refractivity contribution < 1.29 is 22.6 Å². The number of nitrogens with one attached hydrogen (secondary N) is 1. The quantitative estimate of drug-likeness (QED) is 0.355. The van der Waals surface area contributed by atoms with Crippen LogP contribution in [0.1, 0.15) is 5.56 Å². The Morgan fingerprint density at radius 1 is 0.848 bits per heavy atom. The summed E-state index contributed by atoms with van der Waals surface area (Å²) < 4.78 is 43.9. The van der Waals surface area contributed by atoms with E-state index in [1.807, 2.05) is 24.3 Å². The molecule has 0 aliphatic heterocycles. The molecule has 1 heterocycles. The molecular formula is C25H26N2O5S. The first kappa shape index (κ1) is 22.7. The third-order valence-electron chi connectivity index (χ3n) is 5.27. The molecule has 0 aliphatic carbocycles. The van der Waals surface area contributed by atoms with Gasteiger partial charge in [-0.2, -0.15) is 0 Å². The molecule has 0 aliphatic rings. The Morgan fingerprint density at radius 3 is 2.39 bits per heavy atom. The second kappa shape index (κ2) is 9.97. The number of benzene rings is 3. The van der Waals surface area contributed by atoms with Gasteiger partial charge in [-0.05, 0) is 48.0 Å². The summed E-state index contributed by atoms with van der Waals surface area (Å²) in [6, 6.07) is 21.4. The predicted molar refractivity (Wildman–Crippen MR) is 128 cm³/mol. The lowest BCUT2D eigenvalue weighted by molar-refractivity contribution is 0.317. The van der Waals surface area contributed by atoms with Crippen molar-refractivity contribution in [2.45, 2.75) is 11.4 Å². The van der Waals surface area contributed by atoms with Crippen molar-refractivity contribution in [1.29, 1.82) is 0 Å². The van der Waals surface area contributed by atoms with Gasteiger partial charge in [0.05, 0.1) is 24.6 Å². The van der Waals surface area contributed by atoms with Gasteiger partial charge in [0, 0.05) is 24.7 Å². The Hall–Kier alpha value is -3.49. The summed E-state index contributed by atoms with van der Waals surface area (Å²) in [7, 11) is -0.457. The minimum atomic E-state index is -3.68. The second-order valence-corrected chi connectivity index (χ2v) is 9.15. The number of methoxy groups -OCH3 is 2. The van der Waals surface area contributed by atoms with Gasteiger partial charge in [-0.25, -0.2) is 12.4 Å². The van der Waals surface area contributed by atoms with Gasteiger partial charge in [0.1, 0.15) is 12.4 Å². The smallest absolute Gasteiger partial charge is 0.268 e. The van der Waals surface area contributed by atoms with E-state index >= 15 is 0 Å². The lowest BCUT2D eigenvalue weighted by atomic mass is 10.2. The molecule has 0 fully saturated rings. The van der Waals surface area contributed by atoms with E-state index in [1.54, 1.807) is 68.9 Å². The average molecular weight is 467 g/mol. The van der Waals surface area contributed by atoms with E-state index in [0.717, 1.165) is 10.9 Å². The van der Waals surface area contributed by atoms with Crippen molar-refractivity contribution in [2.24, 2.45) is 0 Å². The summed E-state index contributed by atoms with van der Waals surface area (Å²) in [6.45, 7) is 1.70.